The standard InChI is InChI=1S/C23H33N5O2S/c1-26-15-23(24-16-26)31(29,30)28-13-19(22-9-5-6-12-27(22)2)21(14-28)25-20-11-10-17-7-3-4-8-18(17)20/h3-4,7-8,15-16,19-22,25H,5-6,9-14H2,1-2H3/t19-,20?,21-,22?/m1/s1. The number of aromatic nitrogens is 2. The van der Waals surface area contributed by atoms with Crippen molar-refractivity contribution in [3.8, 4) is 0 Å². The zero-order chi connectivity index (χ0) is 21.6. The molecule has 0 saturated carbocycles. The molecular formula is C23H33N5O2S. The molecule has 1 aromatic carbocycles. The molecular weight excluding hydrogens is 410 g/mol. The summed E-state index contributed by atoms with van der Waals surface area (Å²) in [6.07, 6.45) is 8.91. The third kappa shape index (κ3) is 3.95. The van der Waals surface area contributed by atoms with Crippen LogP contribution < -0.4 is 5.32 Å². The molecule has 1 aliphatic carbocycles. The number of benzene rings is 1. The highest BCUT2D eigenvalue weighted by atomic mass is 32.2. The molecule has 2 aromatic rings. The van der Waals surface area contributed by atoms with Gasteiger partial charge in [0.1, 0.15) is 0 Å². The Kier molecular flexibility index (Phi) is 5.66. The molecule has 3 aliphatic rings. The number of hydrogen-bond donors (Lipinski definition) is 1. The largest absolute Gasteiger partial charge is 0.339 e. The van der Waals surface area contributed by atoms with Gasteiger partial charge in [-0.05, 0) is 50.4 Å². The zero-order valence-electron chi connectivity index (χ0n) is 18.4. The van der Waals surface area contributed by atoms with Crippen LogP contribution in [-0.2, 0) is 23.5 Å². The van der Waals surface area contributed by atoms with Gasteiger partial charge >= 0.3 is 0 Å². The Morgan fingerprint density at radius 2 is 1.94 bits per heavy atom. The first kappa shape index (κ1) is 21.1. The summed E-state index contributed by atoms with van der Waals surface area (Å²) < 4.78 is 30.1. The van der Waals surface area contributed by atoms with Gasteiger partial charge in [0.05, 0.1) is 6.33 Å². The van der Waals surface area contributed by atoms with Gasteiger partial charge in [0.2, 0.25) is 0 Å². The maximum Gasteiger partial charge on any atom is 0.262 e. The molecule has 31 heavy (non-hydrogen) atoms. The van der Waals surface area contributed by atoms with E-state index in [0.29, 0.717) is 25.2 Å². The monoisotopic (exact) mass is 443 g/mol. The fraction of sp³-hybridized carbons (Fsp3) is 0.609. The molecule has 2 fully saturated rings. The highest BCUT2D eigenvalue weighted by molar-refractivity contribution is 7.89. The number of rotatable bonds is 5. The predicted octanol–water partition coefficient (Wildman–Crippen LogP) is 2.17. The molecule has 2 aliphatic heterocycles. The normalized spacial score (nSPS) is 30.0. The van der Waals surface area contributed by atoms with Gasteiger partial charge in [-0.3, -0.25) is 0 Å². The number of imidazole rings is 1. The van der Waals surface area contributed by atoms with Gasteiger partial charge in [0.25, 0.3) is 10.0 Å². The third-order valence-electron chi connectivity index (χ3n) is 7.49. The number of aryl methyl sites for hydroxylation is 2. The Balaban J connectivity index is 1.41. The topological polar surface area (TPSA) is 70.5 Å². The molecule has 1 N–H and O–H groups in total. The van der Waals surface area contributed by atoms with Gasteiger partial charge in [0, 0.05) is 50.4 Å². The Morgan fingerprint density at radius 1 is 1.10 bits per heavy atom. The lowest BCUT2D eigenvalue weighted by atomic mass is 9.87. The lowest BCUT2D eigenvalue weighted by molar-refractivity contribution is 0.119. The van der Waals surface area contributed by atoms with E-state index in [4.69, 9.17) is 0 Å². The number of fused-ring (bicyclic) bond motifs is 1. The second-order valence-electron chi connectivity index (χ2n) is 9.47. The fourth-order valence-corrected chi connectivity index (χ4v) is 7.31. The first-order chi connectivity index (χ1) is 14.9. The highest BCUT2D eigenvalue weighted by Gasteiger charge is 2.45. The quantitative estimate of drug-likeness (QED) is 0.767. The Bertz CT molecular complexity index is 1040. The van der Waals surface area contributed by atoms with Crippen molar-refractivity contribution in [1.82, 2.24) is 24.1 Å². The molecule has 0 radical (unpaired) electrons. The van der Waals surface area contributed by atoms with Crippen molar-refractivity contribution in [2.24, 2.45) is 13.0 Å². The molecule has 4 atom stereocenters. The molecule has 0 amide bonds. The number of likely N-dealkylation sites (tertiary alicyclic amines) is 1. The zero-order valence-corrected chi connectivity index (χ0v) is 19.3. The minimum atomic E-state index is -3.59. The number of piperidine rings is 1. The average Bonchev–Trinajstić information content (AvgIpc) is 3.48. The summed E-state index contributed by atoms with van der Waals surface area (Å²) >= 11 is 0. The van der Waals surface area contributed by atoms with Crippen molar-refractivity contribution in [1.29, 1.82) is 0 Å². The molecule has 168 valence electrons. The fourth-order valence-electron chi connectivity index (χ4n) is 5.84. The van der Waals surface area contributed by atoms with Crippen molar-refractivity contribution < 1.29 is 8.42 Å². The molecule has 0 spiro atoms. The SMILES string of the molecule is CN1CCCCC1[C@@H]1CN(S(=O)(=O)c2cn(C)cn2)C[C@H]1NC1CCc2ccccc21. The van der Waals surface area contributed by atoms with E-state index in [-0.39, 0.29) is 17.0 Å². The van der Waals surface area contributed by atoms with Crippen molar-refractivity contribution >= 4 is 10.0 Å². The molecule has 1 aromatic heterocycles. The number of sulfonamides is 1. The van der Waals surface area contributed by atoms with E-state index >= 15 is 0 Å². The average molecular weight is 444 g/mol. The van der Waals surface area contributed by atoms with Crippen LogP contribution in [0.3, 0.4) is 0 Å². The van der Waals surface area contributed by atoms with E-state index in [1.54, 1.807) is 28.4 Å². The molecule has 2 saturated heterocycles. The Morgan fingerprint density at radius 3 is 2.71 bits per heavy atom. The maximum atomic E-state index is 13.3. The Labute approximate surface area is 185 Å². The summed E-state index contributed by atoms with van der Waals surface area (Å²) in [5, 5.41) is 4.05. The van der Waals surface area contributed by atoms with Gasteiger partial charge in [-0.15, -0.1) is 0 Å². The smallest absolute Gasteiger partial charge is 0.262 e. The maximum absolute atomic E-state index is 13.3. The van der Waals surface area contributed by atoms with Crippen molar-refractivity contribution in [2.75, 3.05) is 26.7 Å². The molecule has 8 heteroatoms. The summed E-state index contributed by atoms with van der Waals surface area (Å²) in [6, 6.07) is 9.51. The molecule has 3 heterocycles. The van der Waals surface area contributed by atoms with Gasteiger partial charge < -0.3 is 14.8 Å². The van der Waals surface area contributed by atoms with Gasteiger partial charge in [0.15, 0.2) is 5.03 Å². The highest BCUT2D eigenvalue weighted by Crippen LogP contribution is 2.36. The number of nitrogens with one attached hydrogen (secondary N) is 1. The molecule has 2 unspecified atom stereocenters. The Hall–Kier alpha value is -1.74. The first-order valence-corrected chi connectivity index (χ1v) is 12.9. The number of hydrogen-bond acceptors (Lipinski definition) is 5. The van der Waals surface area contributed by atoms with Crippen LogP contribution in [0.1, 0.15) is 42.9 Å². The summed E-state index contributed by atoms with van der Waals surface area (Å²) in [6.45, 7) is 2.15. The summed E-state index contributed by atoms with van der Waals surface area (Å²) in [5.74, 6) is 0.275. The number of nitrogens with zero attached hydrogens (tertiary/aromatic N) is 4. The minimum Gasteiger partial charge on any atom is -0.339 e. The van der Waals surface area contributed by atoms with E-state index in [1.165, 1.54) is 24.0 Å². The van der Waals surface area contributed by atoms with Crippen LogP contribution in [0.5, 0.6) is 0 Å². The van der Waals surface area contributed by atoms with Crippen LogP contribution in [0.25, 0.3) is 0 Å². The molecule has 7 nitrogen and oxygen atoms in total. The van der Waals surface area contributed by atoms with Crippen LogP contribution in [0.2, 0.25) is 0 Å². The van der Waals surface area contributed by atoms with Crippen LogP contribution >= 0.6 is 0 Å². The van der Waals surface area contributed by atoms with Crippen molar-refractivity contribution in [3.05, 3.63) is 47.9 Å². The van der Waals surface area contributed by atoms with Crippen LogP contribution in [0, 0.1) is 5.92 Å². The van der Waals surface area contributed by atoms with E-state index in [0.717, 1.165) is 25.8 Å². The minimum absolute atomic E-state index is 0.139. The summed E-state index contributed by atoms with van der Waals surface area (Å²) in [7, 11) is 0.408. The lowest BCUT2D eigenvalue weighted by Gasteiger charge is -2.39. The molecule has 5 rings (SSSR count). The third-order valence-corrected chi connectivity index (χ3v) is 9.20. The predicted molar refractivity (Wildman–Crippen MR) is 120 cm³/mol. The van der Waals surface area contributed by atoms with E-state index in [1.807, 2.05) is 0 Å². The van der Waals surface area contributed by atoms with E-state index in [9.17, 15) is 8.42 Å². The van der Waals surface area contributed by atoms with E-state index in [2.05, 4.69) is 46.5 Å². The second-order valence-corrected chi connectivity index (χ2v) is 11.4. The van der Waals surface area contributed by atoms with Crippen molar-refractivity contribution in [2.45, 2.75) is 55.3 Å². The molecule has 0 bridgehead atoms. The lowest BCUT2D eigenvalue weighted by Crippen LogP contribution is -2.49. The van der Waals surface area contributed by atoms with Crippen molar-refractivity contribution in [3.63, 3.8) is 0 Å². The van der Waals surface area contributed by atoms with Gasteiger partial charge in [-0.2, -0.15) is 4.31 Å². The van der Waals surface area contributed by atoms with Crippen LogP contribution in [0.4, 0.5) is 0 Å². The van der Waals surface area contributed by atoms with Gasteiger partial charge in [-0.1, -0.05) is 30.7 Å². The first-order valence-electron chi connectivity index (χ1n) is 11.5. The van der Waals surface area contributed by atoms with Crippen LogP contribution in [-0.4, -0.2) is 65.9 Å². The van der Waals surface area contributed by atoms with Crippen LogP contribution in [0.15, 0.2) is 41.8 Å². The second kappa shape index (κ2) is 8.31. The van der Waals surface area contributed by atoms with E-state index < -0.39 is 10.0 Å². The summed E-state index contributed by atoms with van der Waals surface area (Å²) in [5.41, 5.74) is 2.80. The summed E-state index contributed by atoms with van der Waals surface area (Å²) in [4.78, 5) is 6.59. The van der Waals surface area contributed by atoms with Gasteiger partial charge in [-0.25, -0.2) is 13.4 Å².